The summed E-state index contributed by atoms with van der Waals surface area (Å²) in [6.45, 7) is 5.94. The number of hydrogen-bond donors (Lipinski definition) is 1. The van der Waals surface area contributed by atoms with Gasteiger partial charge in [0, 0.05) is 11.5 Å². The number of benzene rings is 1. The van der Waals surface area contributed by atoms with Gasteiger partial charge < -0.3 is 0 Å². The van der Waals surface area contributed by atoms with E-state index in [1.807, 2.05) is 20.8 Å². The average Bonchev–Trinajstić information content (AvgIpc) is 2.77. The molecule has 0 saturated heterocycles. The van der Waals surface area contributed by atoms with Gasteiger partial charge in [-0.25, -0.2) is 0 Å². The third-order valence-corrected chi connectivity index (χ3v) is 3.03. The van der Waals surface area contributed by atoms with Crippen LogP contribution in [0, 0.1) is 14.9 Å². The van der Waals surface area contributed by atoms with Crippen molar-refractivity contribution in [2.75, 3.05) is 0 Å². The highest BCUT2D eigenvalue weighted by Gasteiger charge is 2.21. The van der Waals surface area contributed by atoms with Crippen molar-refractivity contribution in [2.24, 2.45) is 5.10 Å². The van der Waals surface area contributed by atoms with E-state index in [-0.39, 0.29) is 11.1 Å². The number of nitro groups is 1. The van der Waals surface area contributed by atoms with E-state index in [1.54, 1.807) is 18.2 Å². The fourth-order valence-electron chi connectivity index (χ4n) is 1.77. The van der Waals surface area contributed by atoms with Gasteiger partial charge in [-0.2, -0.15) is 14.9 Å². The molecule has 2 aromatic rings. The largest absolute Gasteiger partial charge is 0.278 e. The molecule has 0 radical (unpaired) electrons. The number of nitrogens with one attached hydrogen (secondary N) is 1. The summed E-state index contributed by atoms with van der Waals surface area (Å²) in [5.41, 5.74) is 0.145. The minimum absolute atomic E-state index is 0.00595. The van der Waals surface area contributed by atoms with Crippen molar-refractivity contribution in [1.82, 2.24) is 14.9 Å². The van der Waals surface area contributed by atoms with Gasteiger partial charge in [0.1, 0.15) is 0 Å². The zero-order valence-corrected chi connectivity index (χ0v) is 12.7. The van der Waals surface area contributed by atoms with Gasteiger partial charge in [0.05, 0.1) is 16.7 Å². The number of rotatable bonds is 3. The van der Waals surface area contributed by atoms with Crippen LogP contribution in [0.15, 0.2) is 29.4 Å². The molecule has 0 bridgehead atoms. The van der Waals surface area contributed by atoms with Crippen LogP contribution >= 0.6 is 12.2 Å². The monoisotopic (exact) mass is 305 g/mol. The summed E-state index contributed by atoms with van der Waals surface area (Å²) in [5, 5.41) is 22.0. The lowest BCUT2D eigenvalue weighted by atomic mass is 9.96. The average molecular weight is 305 g/mol. The van der Waals surface area contributed by atoms with E-state index >= 15 is 0 Å². The highest BCUT2D eigenvalue weighted by atomic mass is 32.1. The first-order valence-corrected chi connectivity index (χ1v) is 6.67. The van der Waals surface area contributed by atoms with Crippen LogP contribution in [0.4, 0.5) is 5.69 Å². The molecule has 110 valence electrons. The maximum Gasteiger partial charge on any atom is 0.278 e. The van der Waals surface area contributed by atoms with E-state index in [2.05, 4.69) is 15.3 Å². The molecule has 0 unspecified atom stereocenters. The standard InChI is InChI=1S/C13H15N5O2S/c1-13(2,3)11-15-16-12(21)17(11)14-8-9-6-4-5-7-10(9)18(19)20/h4-8H,1-3H3,(H,16,21)/b14-8-. The van der Waals surface area contributed by atoms with Crippen LogP contribution < -0.4 is 0 Å². The summed E-state index contributed by atoms with van der Waals surface area (Å²) in [7, 11) is 0. The maximum absolute atomic E-state index is 11.0. The molecule has 0 fully saturated rings. The smallest absolute Gasteiger partial charge is 0.258 e. The number of hydrogen-bond acceptors (Lipinski definition) is 5. The molecule has 0 aliphatic carbocycles. The second-order valence-electron chi connectivity index (χ2n) is 5.47. The first-order chi connectivity index (χ1) is 9.80. The summed E-state index contributed by atoms with van der Waals surface area (Å²) in [5.74, 6) is 0.655. The fraction of sp³-hybridized carbons (Fsp3) is 0.308. The molecule has 21 heavy (non-hydrogen) atoms. The van der Waals surface area contributed by atoms with Gasteiger partial charge in [0.25, 0.3) is 5.69 Å². The van der Waals surface area contributed by atoms with Gasteiger partial charge >= 0.3 is 0 Å². The van der Waals surface area contributed by atoms with Crippen molar-refractivity contribution in [3.8, 4) is 0 Å². The second-order valence-corrected chi connectivity index (χ2v) is 5.86. The Balaban J connectivity index is 2.47. The quantitative estimate of drug-likeness (QED) is 0.408. The highest BCUT2D eigenvalue weighted by Crippen LogP contribution is 2.20. The molecule has 0 atom stereocenters. The number of aromatic nitrogens is 3. The van der Waals surface area contributed by atoms with Crippen LogP contribution in [0.25, 0.3) is 0 Å². The van der Waals surface area contributed by atoms with E-state index in [1.165, 1.54) is 17.0 Å². The lowest BCUT2D eigenvalue weighted by Gasteiger charge is -2.15. The van der Waals surface area contributed by atoms with Crippen molar-refractivity contribution >= 4 is 24.1 Å². The summed E-state index contributed by atoms with van der Waals surface area (Å²) in [6, 6.07) is 6.38. The van der Waals surface area contributed by atoms with Gasteiger partial charge in [0.15, 0.2) is 5.82 Å². The van der Waals surface area contributed by atoms with Gasteiger partial charge in [-0.05, 0) is 18.3 Å². The van der Waals surface area contributed by atoms with E-state index in [0.29, 0.717) is 16.2 Å². The zero-order chi connectivity index (χ0) is 15.6. The first kappa shape index (κ1) is 15.0. The third kappa shape index (κ3) is 3.22. The lowest BCUT2D eigenvalue weighted by molar-refractivity contribution is -0.385. The second kappa shape index (κ2) is 5.57. The molecule has 0 spiro atoms. The van der Waals surface area contributed by atoms with Crippen molar-refractivity contribution < 1.29 is 4.92 Å². The topological polar surface area (TPSA) is 89.1 Å². The number of nitrogens with zero attached hydrogens (tertiary/aromatic N) is 4. The minimum Gasteiger partial charge on any atom is -0.258 e. The Morgan fingerprint density at radius 1 is 1.43 bits per heavy atom. The van der Waals surface area contributed by atoms with E-state index in [0.717, 1.165) is 0 Å². The fourth-order valence-corrected chi connectivity index (χ4v) is 1.95. The summed E-state index contributed by atoms with van der Waals surface area (Å²) >= 11 is 5.14. The molecule has 2 rings (SSSR count). The molecular formula is C13H15N5O2S. The van der Waals surface area contributed by atoms with Crippen LogP contribution in [-0.4, -0.2) is 26.0 Å². The number of para-hydroxylation sites is 1. The predicted molar refractivity (Wildman–Crippen MR) is 82.2 cm³/mol. The summed E-state index contributed by atoms with van der Waals surface area (Å²) < 4.78 is 1.82. The predicted octanol–water partition coefficient (Wildman–Crippen LogP) is 3.03. The normalized spacial score (nSPS) is 12.0. The van der Waals surface area contributed by atoms with Crippen molar-refractivity contribution in [3.63, 3.8) is 0 Å². The number of aromatic amines is 1. The number of nitro benzene ring substituents is 1. The first-order valence-electron chi connectivity index (χ1n) is 6.26. The molecular weight excluding hydrogens is 290 g/mol. The summed E-state index contributed by atoms with van der Waals surface area (Å²) in [4.78, 5) is 10.5. The Morgan fingerprint density at radius 2 is 2.10 bits per heavy atom. The van der Waals surface area contributed by atoms with E-state index in [4.69, 9.17) is 12.2 Å². The molecule has 0 aliphatic heterocycles. The maximum atomic E-state index is 11.0. The number of H-pyrrole nitrogens is 1. The van der Waals surface area contributed by atoms with Crippen molar-refractivity contribution in [1.29, 1.82) is 0 Å². The van der Waals surface area contributed by atoms with Crippen LogP contribution in [0.2, 0.25) is 0 Å². The molecule has 0 saturated carbocycles. The Hall–Kier alpha value is -2.35. The Kier molecular flexibility index (Phi) is 3.99. The zero-order valence-electron chi connectivity index (χ0n) is 11.9. The van der Waals surface area contributed by atoms with Crippen LogP contribution in [0.3, 0.4) is 0 Å². The van der Waals surface area contributed by atoms with Crippen molar-refractivity contribution in [2.45, 2.75) is 26.2 Å². The van der Waals surface area contributed by atoms with Crippen LogP contribution in [-0.2, 0) is 5.41 Å². The Bertz CT molecular complexity index is 754. The molecule has 8 heteroatoms. The van der Waals surface area contributed by atoms with Crippen molar-refractivity contribution in [3.05, 3.63) is 50.5 Å². The van der Waals surface area contributed by atoms with Gasteiger partial charge in [-0.3, -0.25) is 15.2 Å². The van der Waals surface area contributed by atoms with Crippen LogP contribution in [0.5, 0.6) is 0 Å². The minimum atomic E-state index is -0.444. The molecule has 0 amide bonds. The third-order valence-electron chi connectivity index (χ3n) is 2.77. The Morgan fingerprint density at radius 3 is 2.71 bits per heavy atom. The van der Waals surface area contributed by atoms with E-state index in [9.17, 15) is 10.1 Å². The molecule has 1 aromatic heterocycles. The van der Waals surface area contributed by atoms with Gasteiger partial charge in [-0.15, -0.1) is 0 Å². The SMILES string of the molecule is CC(C)(C)c1n[nH]c(=S)n1/N=C\c1ccccc1[N+](=O)[O-]. The lowest BCUT2D eigenvalue weighted by Crippen LogP contribution is -2.17. The Labute approximate surface area is 126 Å². The van der Waals surface area contributed by atoms with Gasteiger partial charge in [0.2, 0.25) is 4.77 Å². The molecule has 1 heterocycles. The summed E-state index contributed by atoms with van der Waals surface area (Å²) in [6.07, 6.45) is 1.42. The molecule has 1 aromatic carbocycles. The van der Waals surface area contributed by atoms with Crippen LogP contribution in [0.1, 0.15) is 32.2 Å². The highest BCUT2D eigenvalue weighted by molar-refractivity contribution is 7.71. The molecule has 0 aliphatic rings. The molecule has 1 N–H and O–H groups in total. The van der Waals surface area contributed by atoms with E-state index < -0.39 is 4.92 Å². The van der Waals surface area contributed by atoms with Gasteiger partial charge in [-0.1, -0.05) is 32.9 Å². The molecule has 7 nitrogen and oxygen atoms in total.